The number of benzene rings is 1. The lowest BCUT2D eigenvalue weighted by molar-refractivity contribution is 0.0985. The van der Waals surface area contributed by atoms with Crippen LogP contribution in [0.15, 0.2) is 39.8 Å². The number of ketones is 1. The third-order valence-electron chi connectivity index (χ3n) is 3.25. The van der Waals surface area contributed by atoms with Crippen LogP contribution in [0.4, 0.5) is 5.69 Å². The second-order valence-corrected chi connectivity index (χ2v) is 7.07. The second-order valence-electron chi connectivity index (χ2n) is 4.91. The number of Topliss-reactive ketones (excluding diaryl/α,β-unsaturated/α-hetero) is 1. The molecule has 3 nitrogen and oxygen atoms in total. The summed E-state index contributed by atoms with van der Waals surface area (Å²) in [5.41, 5.74) is 3.63. The Balaban J connectivity index is 2.34. The van der Waals surface area contributed by atoms with Crippen LogP contribution >= 0.6 is 27.7 Å². The average Bonchev–Trinajstić information content (AvgIpc) is 2.47. The molecule has 116 valence electrons. The molecule has 1 heterocycles. The molecule has 0 aliphatic rings. The van der Waals surface area contributed by atoms with Gasteiger partial charge in [0.25, 0.3) is 0 Å². The lowest BCUT2D eigenvalue weighted by Gasteiger charge is -2.13. The molecular weight excluding hydrogens is 360 g/mol. The summed E-state index contributed by atoms with van der Waals surface area (Å²) >= 11 is 5.20. The Morgan fingerprint density at radius 2 is 2.18 bits per heavy atom. The molecule has 0 aliphatic carbocycles. The zero-order chi connectivity index (χ0) is 16.1. The first-order chi connectivity index (χ1) is 10.6. The Kier molecular flexibility index (Phi) is 6.03. The van der Waals surface area contributed by atoms with Gasteiger partial charge in [-0.25, -0.2) is 0 Å². The molecule has 1 N–H and O–H groups in total. The van der Waals surface area contributed by atoms with E-state index in [0.717, 1.165) is 31.9 Å². The van der Waals surface area contributed by atoms with Crippen molar-refractivity contribution in [3.63, 3.8) is 0 Å². The van der Waals surface area contributed by atoms with Crippen molar-refractivity contribution >= 4 is 39.2 Å². The van der Waals surface area contributed by atoms with Crippen LogP contribution in [0.5, 0.6) is 0 Å². The number of anilines is 1. The van der Waals surface area contributed by atoms with E-state index in [0.29, 0.717) is 12.1 Å². The van der Waals surface area contributed by atoms with Gasteiger partial charge in [0.1, 0.15) is 5.69 Å². The first kappa shape index (κ1) is 17.0. The summed E-state index contributed by atoms with van der Waals surface area (Å²) in [4.78, 5) is 17.9. The number of pyridine rings is 1. The maximum atomic E-state index is 12.7. The van der Waals surface area contributed by atoms with E-state index in [4.69, 9.17) is 0 Å². The molecule has 0 unspecified atom stereocenters. The number of aryl methyl sites for hydroxylation is 1. The molecule has 0 saturated heterocycles. The highest BCUT2D eigenvalue weighted by Gasteiger charge is 2.16. The molecule has 0 spiro atoms. The first-order valence-corrected chi connectivity index (χ1v) is 8.92. The fourth-order valence-electron chi connectivity index (χ4n) is 2.36. The predicted molar refractivity (Wildman–Crippen MR) is 97.1 cm³/mol. The molecule has 22 heavy (non-hydrogen) atoms. The van der Waals surface area contributed by atoms with Gasteiger partial charge < -0.3 is 5.32 Å². The number of hydrogen-bond donors (Lipinski definition) is 1. The molecule has 1 aromatic carbocycles. The van der Waals surface area contributed by atoms with Crippen LogP contribution in [0.3, 0.4) is 0 Å². The predicted octanol–water partition coefficient (Wildman–Crippen LogP) is 4.73. The highest BCUT2D eigenvalue weighted by atomic mass is 79.9. The monoisotopic (exact) mass is 378 g/mol. The van der Waals surface area contributed by atoms with Gasteiger partial charge in [0.05, 0.1) is 5.69 Å². The van der Waals surface area contributed by atoms with Crippen molar-refractivity contribution < 1.29 is 4.79 Å². The standard InChI is InChI=1S/C17H19BrN2OS/c1-4-22-15-6-5-7-20-17(15)14(21)10-12-8-11(2)9-13(18)16(12)19-3/h5-9,19H,4,10H2,1-3H3. The topological polar surface area (TPSA) is 42.0 Å². The van der Waals surface area contributed by atoms with E-state index < -0.39 is 0 Å². The Hall–Kier alpha value is -1.33. The number of thioether (sulfide) groups is 1. The van der Waals surface area contributed by atoms with Crippen molar-refractivity contribution in [2.75, 3.05) is 18.1 Å². The maximum Gasteiger partial charge on any atom is 0.186 e. The smallest absolute Gasteiger partial charge is 0.186 e. The summed E-state index contributed by atoms with van der Waals surface area (Å²) < 4.78 is 0.974. The molecule has 2 aromatic rings. The molecule has 0 saturated carbocycles. The maximum absolute atomic E-state index is 12.7. The number of nitrogens with one attached hydrogen (secondary N) is 1. The zero-order valence-corrected chi connectivity index (χ0v) is 15.3. The van der Waals surface area contributed by atoms with Gasteiger partial charge in [-0.05, 0) is 57.9 Å². The van der Waals surface area contributed by atoms with E-state index in [1.807, 2.05) is 38.2 Å². The van der Waals surface area contributed by atoms with Gasteiger partial charge in [-0.1, -0.05) is 13.0 Å². The average molecular weight is 379 g/mol. The molecule has 0 atom stereocenters. The van der Waals surface area contributed by atoms with E-state index in [9.17, 15) is 4.79 Å². The Morgan fingerprint density at radius 3 is 2.86 bits per heavy atom. The third-order valence-corrected chi connectivity index (χ3v) is 4.81. The van der Waals surface area contributed by atoms with Gasteiger partial charge >= 0.3 is 0 Å². The Bertz CT molecular complexity index is 688. The molecule has 2 rings (SSSR count). The van der Waals surface area contributed by atoms with Crippen molar-refractivity contribution in [3.8, 4) is 0 Å². The minimum atomic E-state index is 0.0468. The van der Waals surface area contributed by atoms with Crippen molar-refractivity contribution in [2.45, 2.75) is 25.2 Å². The van der Waals surface area contributed by atoms with E-state index in [1.165, 1.54) is 0 Å². The van der Waals surface area contributed by atoms with Crippen LogP contribution in [0.25, 0.3) is 0 Å². The molecular formula is C17H19BrN2OS. The first-order valence-electron chi connectivity index (χ1n) is 7.14. The largest absolute Gasteiger partial charge is 0.387 e. The fourth-order valence-corrected chi connectivity index (χ4v) is 3.97. The minimum Gasteiger partial charge on any atom is -0.387 e. The SMILES string of the molecule is CCSc1cccnc1C(=O)Cc1cc(C)cc(Br)c1NC. The van der Waals surface area contributed by atoms with Gasteiger partial charge in [-0.3, -0.25) is 9.78 Å². The molecule has 0 radical (unpaired) electrons. The van der Waals surface area contributed by atoms with Crippen LogP contribution in [-0.4, -0.2) is 23.6 Å². The van der Waals surface area contributed by atoms with Crippen LogP contribution < -0.4 is 5.32 Å². The second kappa shape index (κ2) is 7.79. The van der Waals surface area contributed by atoms with Gasteiger partial charge in [0, 0.05) is 29.0 Å². The number of carbonyl (C=O) groups is 1. The lowest BCUT2D eigenvalue weighted by Crippen LogP contribution is -2.10. The molecule has 5 heteroatoms. The normalized spacial score (nSPS) is 10.5. The number of carbonyl (C=O) groups excluding carboxylic acids is 1. The van der Waals surface area contributed by atoms with Crippen molar-refractivity contribution in [2.24, 2.45) is 0 Å². The van der Waals surface area contributed by atoms with Gasteiger partial charge in [0.2, 0.25) is 0 Å². The lowest BCUT2D eigenvalue weighted by atomic mass is 10.0. The van der Waals surface area contributed by atoms with Gasteiger partial charge in [-0.15, -0.1) is 11.8 Å². The summed E-state index contributed by atoms with van der Waals surface area (Å²) in [6.45, 7) is 4.10. The quantitative estimate of drug-likeness (QED) is 0.582. The highest BCUT2D eigenvalue weighted by molar-refractivity contribution is 9.10. The summed E-state index contributed by atoms with van der Waals surface area (Å²) in [6, 6.07) is 7.92. The van der Waals surface area contributed by atoms with Crippen molar-refractivity contribution in [1.82, 2.24) is 4.98 Å². The third kappa shape index (κ3) is 3.90. The van der Waals surface area contributed by atoms with Crippen LogP contribution in [0, 0.1) is 6.92 Å². The van der Waals surface area contributed by atoms with E-state index >= 15 is 0 Å². The number of nitrogens with zero attached hydrogens (tertiary/aromatic N) is 1. The summed E-state index contributed by atoms with van der Waals surface area (Å²) in [5.74, 6) is 0.967. The highest BCUT2D eigenvalue weighted by Crippen LogP contribution is 2.30. The van der Waals surface area contributed by atoms with E-state index in [2.05, 4.69) is 33.2 Å². The van der Waals surface area contributed by atoms with Crippen LogP contribution in [0.1, 0.15) is 28.5 Å². The van der Waals surface area contributed by atoms with Crippen LogP contribution in [0.2, 0.25) is 0 Å². The molecule has 0 fully saturated rings. The number of hydrogen-bond acceptors (Lipinski definition) is 4. The minimum absolute atomic E-state index is 0.0468. The zero-order valence-electron chi connectivity index (χ0n) is 12.9. The van der Waals surface area contributed by atoms with Crippen molar-refractivity contribution in [3.05, 3.63) is 51.8 Å². The Morgan fingerprint density at radius 1 is 1.41 bits per heavy atom. The number of aromatic nitrogens is 1. The van der Waals surface area contributed by atoms with E-state index in [-0.39, 0.29) is 5.78 Å². The molecule has 0 bridgehead atoms. The van der Waals surface area contributed by atoms with Gasteiger partial charge in [-0.2, -0.15) is 0 Å². The number of rotatable bonds is 6. The number of halogens is 1. The molecule has 0 amide bonds. The summed E-state index contributed by atoms with van der Waals surface area (Å²) in [5, 5.41) is 3.16. The van der Waals surface area contributed by atoms with E-state index in [1.54, 1.807) is 18.0 Å². The Labute approximate surface area is 144 Å². The van der Waals surface area contributed by atoms with Crippen molar-refractivity contribution in [1.29, 1.82) is 0 Å². The van der Waals surface area contributed by atoms with Gasteiger partial charge in [0.15, 0.2) is 5.78 Å². The fraction of sp³-hybridized carbons (Fsp3) is 0.294. The molecule has 1 aromatic heterocycles. The summed E-state index contributed by atoms with van der Waals surface area (Å²) in [7, 11) is 1.86. The molecule has 0 aliphatic heterocycles. The van der Waals surface area contributed by atoms with Crippen LogP contribution in [-0.2, 0) is 6.42 Å². The summed E-state index contributed by atoms with van der Waals surface area (Å²) in [6.07, 6.45) is 2.02.